The Kier molecular flexibility index (Phi) is 3.98. The van der Waals surface area contributed by atoms with E-state index in [1.54, 1.807) is 0 Å². The van der Waals surface area contributed by atoms with Crippen LogP contribution in [0.25, 0.3) is 0 Å². The number of nitrogens with zero attached hydrogens (tertiary/aromatic N) is 2. The lowest BCUT2D eigenvalue weighted by Crippen LogP contribution is -2.03. The molecule has 2 rings (SSSR count). The van der Waals surface area contributed by atoms with Crippen molar-refractivity contribution in [1.82, 2.24) is 10.2 Å². The normalized spacial score (nSPS) is 10.6. The maximum atomic E-state index is 12.0. The van der Waals surface area contributed by atoms with Crippen molar-refractivity contribution in [2.75, 3.05) is 11.5 Å². The SMILES string of the molecule is Cc1ccc(C(=O)CSc2nnc(N)s2)cc1C. The van der Waals surface area contributed by atoms with Crippen LogP contribution < -0.4 is 5.73 Å². The van der Waals surface area contributed by atoms with E-state index in [0.717, 1.165) is 15.5 Å². The van der Waals surface area contributed by atoms with Crippen LogP contribution in [-0.2, 0) is 0 Å². The van der Waals surface area contributed by atoms with Crippen LogP contribution in [0.4, 0.5) is 5.13 Å². The summed E-state index contributed by atoms with van der Waals surface area (Å²) in [4.78, 5) is 12.0. The Labute approximate surface area is 114 Å². The minimum atomic E-state index is 0.0943. The van der Waals surface area contributed by atoms with Crippen LogP contribution in [0.2, 0.25) is 0 Å². The predicted octanol–water partition coefficient (Wildman–Crippen LogP) is 2.71. The first-order valence-electron chi connectivity index (χ1n) is 5.38. The Morgan fingerprint density at radius 2 is 2.11 bits per heavy atom. The van der Waals surface area contributed by atoms with Crippen molar-refractivity contribution in [2.24, 2.45) is 0 Å². The monoisotopic (exact) mass is 279 g/mol. The summed E-state index contributed by atoms with van der Waals surface area (Å²) < 4.78 is 0.727. The molecule has 0 fully saturated rings. The molecule has 1 aromatic heterocycles. The number of aryl methyl sites for hydroxylation is 2. The van der Waals surface area contributed by atoms with E-state index in [-0.39, 0.29) is 5.78 Å². The van der Waals surface area contributed by atoms with Gasteiger partial charge >= 0.3 is 0 Å². The van der Waals surface area contributed by atoms with Gasteiger partial charge < -0.3 is 5.73 Å². The Morgan fingerprint density at radius 3 is 2.72 bits per heavy atom. The number of thioether (sulfide) groups is 1. The molecule has 0 saturated heterocycles. The number of rotatable bonds is 4. The van der Waals surface area contributed by atoms with Gasteiger partial charge in [-0.25, -0.2) is 0 Å². The van der Waals surface area contributed by atoms with Crippen LogP contribution in [0.15, 0.2) is 22.5 Å². The molecule has 0 bridgehead atoms. The van der Waals surface area contributed by atoms with Gasteiger partial charge in [0, 0.05) is 5.56 Å². The van der Waals surface area contributed by atoms with Gasteiger partial charge in [-0.2, -0.15) is 0 Å². The molecule has 0 aliphatic carbocycles. The lowest BCUT2D eigenvalue weighted by atomic mass is 10.0. The van der Waals surface area contributed by atoms with Gasteiger partial charge in [0.25, 0.3) is 0 Å². The molecule has 6 heteroatoms. The fourth-order valence-electron chi connectivity index (χ4n) is 1.40. The summed E-state index contributed by atoms with van der Waals surface area (Å²) in [5.41, 5.74) is 8.54. The van der Waals surface area contributed by atoms with Gasteiger partial charge in [0.1, 0.15) is 0 Å². The second kappa shape index (κ2) is 5.49. The van der Waals surface area contributed by atoms with Crippen LogP contribution in [0, 0.1) is 13.8 Å². The summed E-state index contributed by atoms with van der Waals surface area (Å²) >= 11 is 2.67. The molecule has 0 aliphatic rings. The zero-order valence-corrected chi connectivity index (χ0v) is 11.8. The highest BCUT2D eigenvalue weighted by Crippen LogP contribution is 2.24. The molecular formula is C12H13N3OS2. The minimum Gasteiger partial charge on any atom is -0.374 e. The van der Waals surface area contributed by atoms with Crippen molar-refractivity contribution in [3.05, 3.63) is 34.9 Å². The van der Waals surface area contributed by atoms with Crippen LogP contribution in [0.5, 0.6) is 0 Å². The van der Waals surface area contributed by atoms with E-state index < -0.39 is 0 Å². The second-order valence-electron chi connectivity index (χ2n) is 3.92. The lowest BCUT2D eigenvalue weighted by Gasteiger charge is -2.03. The zero-order valence-electron chi connectivity index (χ0n) is 10.1. The summed E-state index contributed by atoms with van der Waals surface area (Å²) in [6.45, 7) is 4.03. The smallest absolute Gasteiger partial charge is 0.203 e. The van der Waals surface area contributed by atoms with Crippen LogP contribution >= 0.6 is 23.1 Å². The number of carbonyl (C=O) groups is 1. The lowest BCUT2D eigenvalue weighted by molar-refractivity contribution is 0.102. The van der Waals surface area contributed by atoms with Crippen LogP contribution in [0.3, 0.4) is 0 Å². The summed E-state index contributed by atoms with van der Waals surface area (Å²) in [7, 11) is 0. The van der Waals surface area contributed by atoms with Crippen molar-refractivity contribution in [2.45, 2.75) is 18.2 Å². The number of hydrogen-bond donors (Lipinski definition) is 1. The van der Waals surface area contributed by atoms with E-state index >= 15 is 0 Å². The van der Waals surface area contributed by atoms with Crippen molar-refractivity contribution < 1.29 is 4.79 Å². The van der Waals surface area contributed by atoms with Gasteiger partial charge in [0.05, 0.1) is 5.75 Å². The average Bonchev–Trinajstić information content (AvgIpc) is 2.75. The fourth-order valence-corrected chi connectivity index (χ4v) is 2.93. The van der Waals surface area contributed by atoms with E-state index in [0.29, 0.717) is 10.9 Å². The first kappa shape index (κ1) is 13.0. The van der Waals surface area contributed by atoms with Crippen molar-refractivity contribution in [1.29, 1.82) is 0 Å². The zero-order chi connectivity index (χ0) is 13.1. The van der Waals surface area contributed by atoms with E-state index in [1.807, 2.05) is 32.0 Å². The third-order valence-electron chi connectivity index (χ3n) is 2.58. The van der Waals surface area contributed by atoms with Crippen molar-refractivity contribution in [3.8, 4) is 0 Å². The molecule has 2 aromatic rings. The molecule has 0 amide bonds. The molecule has 0 saturated carbocycles. The molecule has 1 aromatic carbocycles. The van der Waals surface area contributed by atoms with E-state index in [2.05, 4.69) is 10.2 Å². The van der Waals surface area contributed by atoms with Crippen LogP contribution in [0.1, 0.15) is 21.5 Å². The maximum absolute atomic E-state index is 12.0. The number of hydrogen-bond acceptors (Lipinski definition) is 6. The van der Waals surface area contributed by atoms with Gasteiger partial charge in [-0.1, -0.05) is 35.2 Å². The minimum absolute atomic E-state index is 0.0943. The topological polar surface area (TPSA) is 68.9 Å². The molecule has 0 atom stereocenters. The number of carbonyl (C=O) groups excluding carboxylic acids is 1. The summed E-state index contributed by atoms with van der Waals surface area (Å²) in [5.74, 6) is 0.453. The maximum Gasteiger partial charge on any atom is 0.203 e. The number of nitrogen functional groups attached to an aromatic ring is 1. The fraction of sp³-hybridized carbons (Fsp3) is 0.250. The molecule has 4 nitrogen and oxygen atoms in total. The predicted molar refractivity (Wildman–Crippen MR) is 75.3 cm³/mol. The van der Waals surface area contributed by atoms with Crippen molar-refractivity contribution >= 4 is 34.0 Å². The van der Waals surface area contributed by atoms with Gasteiger partial charge in [-0.3, -0.25) is 4.79 Å². The molecule has 0 spiro atoms. The number of nitrogens with two attached hydrogens (primary N) is 1. The van der Waals surface area contributed by atoms with Gasteiger partial charge in [0.15, 0.2) is 10.1 Å². The molecule has 0 unspecified atom stereocenters. The van der Waals surface area contributed by atoms with Crippen molar-refractivity contribution in [3.63, 3.8) is 0 Å². The number of anilines is 1. The molecule has 1 heterocycles. The van der Waals surface area contributed by atoms with Gasteiger partial charge in [-0.15, -0.1) is 10.2 Å². The molecule has 2 N–H and O–H groups in total. The molecule has 94 valence electrons. The Bertz CT molecular complexity index is 580. The van der Waals surface area contributed by atoms with E-state index in [1.165, 1.54) is 28.7 Å². The third-order valence-corrected chi connectivity index (χ3v) is 4.46. The highest BCUT2D eigenvalue weighted by molar-refractivity contribution is 8.01. The average molecular weight is 279 g/mol. The number of benzene rings is 1. The largest absolute Gasteiger partial charge is 0.374 e. The standard InChI is InChI=1S/C12H13N3OS2/c1-7-3-4-9(5-8(7)2)10(16)6-17-12-15-14-11(13)18-12/h3-5H,6H2,1-2H3,(H2,13,14). The summed E-state index contributed by atoms with van der Waals surface area (Å²) in [6.07, 6.45) is 0. The number of Topliss-reactive ketones (excluding diaryl/α,β-unsaturated/α-hetero) is 1. The Morgan fingerprint density at radius 1 is 1.33 bits per heavy atom. The van der Waals surface area contributed by atoms with E-state index in [4.69, 9.17) is 5.73 Å². The van der Waals surface area contributed by atoms with Crippen LogP contribution in [-0.4, -0.2) is 21.7 Å². The quantitative estimate of drug-likeness (QED) is 0.688. The second-order valence-corrected chi connectivity index (χ2v) is 6.15. The molecule has 0 radical (unpaired) electrons. The molecular weight excluding hydrogens is 266 g/mol. The third kappa shape index (κ3) is 3.08. The first-order valence-corrected chi connectivity index (χ1v) is 7.18. The number of aromatic nitrogens is 2. The van der Waals surface area contributed by atoms with E-state index in [9.17, 15) is 4.79 Å². The highest BCUT2D eigenvalue weighted by atomic mass is 32.2. The molecule has 18 heavy (non-hydrogen) atoms. The Hall–Kier alpha value is -1.40. The van der Waals surface area contributed by atoms with Gasteiger partial charge in [-0.05, 0) is 31.0 Å². The van der Waals surface area contributed by atoms with Gasteiger partial charge in [0.2, 0.25) is 5.13 Å². The summed E-state index contributed by atoms with van der Waals surface area (Å²) in [6, 6.07) is 5.75. The first-order chi connectivity index (χ1) is 8.56. The summed E-state index contributed by atoms with van der Waals surface area (Å²) in [5, 5.41) is 8.00. The Balaban J connectivity index is 2.01. The molecule has 0 aliphatic heterocycles. The highest BCUT2D eigenvalue weighted by Gasteiger charge is 2.09. The number of ketones is 1.